The van der Waals surface area contributed by atoms with E-state index in [0.717, 1.165) is 11.0 Å². The van der Waals surface area contributed by atoms with Gasteiger partial charge in [0.05, 0.1) is 5.69 Å². The summed E-state index contributed by atoms with van der Waals surface area (Å²) < 4.78 is 5.00. The molecule has 0 aliphatic carbocycles. The molecule has 2 aromatic rings. The highest BCUT2D eigenvalue weighted by atomic mass is 16.3. The van der Waals surface area contributed by atoms with Gasteiger partial charge in [0.15, 0.2) is 11.8 Å². The number of hydrogen-bond acceptors (Lipinski definition) is 2. The highest BCUT2D eigenvalue weighted by Gasteiger charge is 1.97. The number of benzene rings is 1. The predicted octanol–water partition coefficient (Wildman–Crippen LogP) is 1.82. The van der Waals surface area contributed by atoms with Crippen LogP contribution in [0, 0.1) is 6.26 Å². The van der Waals surface area contributed by atoms with Crippen molar-refractivity contribution in [2.75, 3.05) is 5.73 Å². The molecular formula is C8H6NO. The molecule has 0 bridgehead atoms. The van der Waals surface area contributed by atoms with Crippen molar-refractivity contribution in [3.63, 3.8) is 0 Å². The van der Waals surface area contributed by atoms with Crippen molar-refractivity contribution in [3.05, 3.63) is 30.5 Å². The lowest BCUT2D eigenvalue weighted by atomic mass is 10.2. The molecule has 10 heavy (non-hydrogen) atoms. The third-order valence-electron chi connectivity index (χ3n) is 1.45. The maximum atomic E-state index is 5.59. The number of fused-ring (bicyclic) bond motifs is 1. The molecule has 0 aliphatic heterocycles. The lowest BCUT2D eigenvalue weighted by molar-refractivity contribution is 0.607. The fourth-order valence-corrected chi connectivity index (χ4v) is 0.957. The van der Waals surface area contributed by atoms with Crippen molar-refractivity contribution in [2.24, 2.45) is 0 Å². The number of nitrogens with two attached hydrogens (primary N) is 1. The standard InChI is InChI=1S/C8H6NO/c9-7-3-1-2-6-4-5-10-8(6)7/h1-4H,9H2. The zero-order chi connectivity index (χ0) is 6.97. The third-order valence-corrected chi connectivity index (χ3v) is 1.45. The number of rotatable bonds is 0. The Morgan fingerprint density at radius 2 is 2.30 bits per heavy atom. The predicted molar refractivity (Wildman–Crippen MR) is 39.5 cm³/mol. The Morgan fingerprint density at radius 3 is 3.10 bits per heavy atom. The monoisotopic (exact) mass is 132 g/mol. The van der Waals surface area contributed by atoms with Crippen LogP contribution in [0.5, 0.6) is 0 Å². The molecule has 2 heteroatoms. The van der Waals surface area contributed by atoms with Gasteiger partial charge in [0.25, 0.3) is 0 Å². The van der Waals surface area contributed by atoms with E-state index in [-0.39, 0.29) is 0 Å². The van der Waals surface area contributed by atoms with E-state index in [0.29, 0.717) is 5.69 Å². The van der Waals surface area contributed by atoms with Crippen LogP contribution in [0.15, 0.2) is 28.7 Å². The van der Waals surface area contributed by atoms with Gasteiger partial charge in [-0.15, -0.1) is 0 Å². The van der Waals surface area contributed by atoms with Crippen molar-refractivity contribution in [3.8, 4) is 0 Å². The van der Waals surface area contributed by atoms with E-state index in [1.807, 2.05) is 12.1 Å². The summed E-state index contributed by atoms with van der Waals surface area (Å²) in [6.07, 6.45) is 2.62. The Labute approximate surface area is 58.2 Å². The molecule has 0 amide bonds. The summed E-state index contributed by atoms with van der Waals surface area (Å²) in [5.74, 6) is 0. The summed E-state index contributed by atoms with van der Waals surface area (Å²) in [6, 6.07) is 7.40. The Balaban J connectivity index is 2.95. The van der Waals surface area contributed by atoms with Crippen LogP contribution in [0.2, 0.25) is 0 Å². The normalized spacial score (nSPS) is 10.4. The van der Waals surface area contributed by atoms with Crippen LogP contribution in [-0.2, 0) is 0 Å². The summed E-state index contributed by atoms with van der Waals surface area (Å²) in [5, 5.41) is 1.00. The van der Waals surface area contributed by atoms with Crippen LogP contribution in [0.4, 0.5) is 5.69 Å². The minimum Gasteiger partial charge on any atom is -0.451 e. The maximum absolute atomic E-state index is 5.59. The van der Waals surface area contributed by atoms with Crippen LogP contribution < -0.4 is 5.73 Å². The van der Waals surface area contributed by atoms with Gasteiger partial charge in [-0.1, -0.05) is 12.1 Å². The summed E-state index contributed by atoms with van der Waals surface area (Å²) in [4.78, 5) is 0. The van der Waals surface area contributed by atoms with E-state index >= 15 is 0 Å². The van der Waals surface area contributed by atoms with Crippen LogP contribution in [0.25, 0.3) is 11.0 Å². The fourth-order valence-electron chi connectivity index (χ4n) is 0.957. The first-order valence-corrected chi connectivity index (χ1v) is 3.02. The number of anilines is 1. The number of hydrogen-bond donors (Lipinski definition) is 1. The van der Waals surface area contributed by atoms with Crippen LogP contribution in [-0.4, -0.2) is 0 Å². The van der Waals surface area contributed by atoms with E-state index in [1.165, 1.54) is 0 Å². The van der Waals surface area contributed by atoms with Gasteiger partial charge >= 0.3 is 0 Å². The third kappa shape index (κ3) is 0.589. The van der Waals surface area contributed by atoms with E-state index in [4.69, 9.17) is 10.2 Å². The zero-order valence-corrected chi connectivity index (χ0v) is 5.29. The van der Waals surface area contributed by atoms with E-state index in [2.05, 4.69) is 6.26 Å². The number of para-hydroxylation sites is 1. The first-order valence-electron chi connectivity index (χ1n) is 3.02. The molecule has 49 valence electrons. The van der Waals surface area contributed by atoms with Gasteiger partial charge in [0.2, 0.25) is 0 Å². The van der Waals surface area contributed by atoms with Crippen molar-refractivity contribution >= 4 is 16.7 Å². The number of nitrogen functional groups attached to an aromatic ring is 1. The Hall–Kier alpha value is -1.44. The molecular weight excluding hydrogens is 126 g/mol. The second kappa shape index (κ2) is 1.77. The average molecular weight is 132 g/mol. The van der Waals surface area contributed by atoms with E-state index in [1.54, 1.807) is 12.1 Å². The molecule has 0 unspecified atom stereocenters. The van der Waals surface area contributed by atoms with Gasteiger partial charge in [-0.05, 0) is 12.1 Å². The Morgan fingerprint density at radius 1 is 1.40 bits per heavy atom. The second-order valence-electron chi connectivity index (χ2n) is 2.13. The summed E-state index contributed by atoms with van der Waals surface area (Å²) in [6.45, 7) is 0. The molecule has 1 radical (unpaired) electrons. The van der Waals surface area contributed by atoms with Crippen LogP contribution in [0.1, 0.15) is 0 Å². The molecule has 0 spiro atoms. The van der Waals surface area contributed by atoms with Crippen molar-refractivity contribution in [1.29, 1.82) is 0 Å². The largest absolute Gasteiger partial charge is 0.451 e. The van der Waals surface area contributed by atoms with Crippen LogP contribution >= 0.6 is 0 Å². The van der Waals surface area contributed by atoms with Crippen molar-refractivity contribution < 1.29 is 4.42 Å². The molecule has 0 saturated heterocycles. The highest BCUT2D eigenvalue weighted by Crippen LogP contribution is 2.20. The summed E-state index contributed by atoms with van der Waals surface area (Å²) in [5.41, 5.74) is 6.98. The van der Waals surface area contributed by atoms with Gasteiger partial charge in [-0.2, -0.15) is 0 Å². The SMILES string of the molecule is Nc1cccc2c[c]oc12. The van der Waals surface area contributed by atoms with Gasteiger partial charge in [0, 0.05) is 5.39 Å². The topological polar surface area (TPSA) is 39.2 Å². The van der Waals surface area contributed by atoms with Gasteiger partial charge in [-0.25, -0.2) is 0 Å². The number of furan rings is 1. The molecule has 1 aromatic heterocycles. The molecule has 2 N–H and O–H groups in total. The van der Waals surface area contributed by atoms with E-state index < -0.39 is 0 Å². The average Bonchev–Trinajstić information content (AvgIpc) is 2.36. The molecule has 1 heterocycles. The molecule has 0 aliphatic rings. The lowest BCUT2D eigenvalue weighted by Gasteiger charge is -1.90. The Bertz CT molecular complexity index is 351. The molecule has 1 aromatic carbocycles. The Kier molecular flexibility index (Phi) is 0.947. The molecule has 0 atom stereocenters. The summed E-state index contributed by atoms with van der Waals surface area (Å²) in [7, 11) is 0. The quantitative estimate of drug-likeness (QED) is 0.555. The van der Waals surface area contributed by atoms with E-state index in [9.17, 15) is 0 Å². The van der Waals surface area contributed by atoms with Crippen LogP contribution in [0.3, 0.4) is 0 Å². The van der Waals surface area contributed by atoms with Crippen molar-refractivity contribution in [1.82, 2.24) is 0 Å². The highest BCUT2D eigenvalue weighted by molar-refractivity contribution is 5.87. The van der Waals surface area contributed by atoms with Gasteiger partial charge in [-0.3, -0.25) is 0 Å². The van der Waals surface area contributed by atoms with Gasteiger partial charge < -0.3 is 10.2 Å². The molecule has 0 saturated carbocycles. The molecule has 2 rings (SSSR count). The van der Waals surface area contributed by atoms with Crippen molar-refractivity contribution in [2.45, 2.75) is 0 Å². The second-order valence-corrected chi connectivity index (χ2v) is 2.13. The molecule has 2 nitrogen and oxygen atoms in total. The first kappa shape index (κ1) is 5.35. The minimum absolute atomic E-state index is 0.666. The minimum atomic E-state index is 0.666. The smallest absolute Gasteiger partial charge is 0.170 e. The fraction of sp³-hybridized carbons (Fsp3) is 0. The maximum Gasteiger partial charge on any atom is 0.170 e. The summed E-state index contributed by atoms with van der Waals surface area (Å²) >= 11 is 0. The lowest BCUT2D eigenvalue weighted by Crippen LogP contribution is -1.82. The van der Waals surface area contributed by atoms with Gasteiger partial charge in [0.1, 0.15) is 0 Å². The first-order chi connectivity index (χ1) is 4.88. The zero-order valence-electron chi connectivity index (χ0n) is 5.29. The molecule has 0 fully saturated rings.